The molecule has 20 heavy (non-hydrogen) atoms. The third kappa shape index (κ3) is 4.61. The van der Waals surface area contributed by atoms with E-state index in [1.807, 2.05) is 6.07 Å². The zero-order valence-electron chi connectivity index (χ0n) is 11.3. The van der Waals surface area contributed by atoms with Crippen molar-refractivity contribution in [1.29, 1.82) is 5.26 Å². The van der Waals surface area contributed by atoms with Gasteiger partial charge in [-0.05, 0) is 38.1 Å². The van der Waals surface area contributed by atoms with Crippen molar-refractivity contribution < 1.29 is 19.4 Å². The number of rotatable bonds is 6. The summed E-state index contributed by atoms with van der Waals surface area (Å²) >= 11 is 0. The van der Waals surface area contributed by atoms with Gasteiger partial charge in [-0.3, -0.25) is 9.59 Å². The van der Waals surface area contributed by atoms with Crippen LogP contribution in [0.15, 0.2) is 24.3 Å². The molecule has 2 atom stereocenters. The number of ether oxygens (including phenoxy) is 1. The summed E-state index contributed by atoms with van der Waals surface area (Å²) in [4.78, 5) is 22.3. The standard InChI is InChI=1S/C14H16N2O4/c1-9(14(18)19)10(2)16-13(17)8-20-12-5-3-11(7-15)4-6-12/h3-6,9-10H,8H2,1-2H3,(H,16,17)(H,18,19). The topological polar surface area (TPSA) is 99.4 Å². The minimum atomic E-state index is -0.967. The second kappa shape index (κ2) is 7.14. The molecule has 6 nitrogen and oxygen atoms in total. The first kappa shape index (κ1) is 15.5. The summed E-state index contributed by atoms with van der Waals surface area (Å²) in [5.41, 5.74) is 0.505. The Morgan fingerprint density at radius 3 is 2.45 bits per heavy atom. The molecule has 1 aromatic carbocycles. The molecular weight excluding hydrogens is 260 g/mol. The summed E-state index contributed by atoms with van der Waals surface area (Å²) in [5.74, 6) is -1.56. The smallest absolute Gasteiger partial charge is 0.308 e. The molecule has 0 fully saturated rings. The molecule has 0 aromatic heterocycles. The maximum absolute atomic E-state index is 11.6. The third-order valence-electron chi connectivity index (χ3n) is 2.88. The van der Waals surface area contributed by atoms with Gasteiger partial charge < -0.3 is 15.2 Å². The number of carboxylic acids is 1. The number of benzene rings is 1. The second-order valence-electron chi connectivity index (χ2n) is 4.41. The molecule has 0 aliphatic heterocycles. The number of carboxylic acid groups (broad SMARTS) is 1. The lowest BCUT2D eigenvalue weighted by atomic mass is 10.0. The monoisotopic (exact) mass is 276 g/mol. The predicted molar refractivity (Wildman–Crippen MR) is 71.1 cm³/mol. The number of nitrogens with one attached hydrogen (secondary N) is 1. The SMILES string of the molecule is CC(NC(=O)COc1ccc(C#N)cc1)C(C)C(=O)O. The van der Waals surface area contributed by atoms with E-state index >= 15 is 0 Å². The molecule has 6 heteroatoms. The normalized spacial score (nSPS) is 12.8. The van der Waals surface area contributed by atoms with Gasteiger partial charge in [-0.15, -0.1) is 0 Å². The summed E-state index contributed by atoms with van der Waals surface area (Å²) in [6.45, 7) is 2.94. The van der Waals surface area contributed by atoms with Crippen molar-refractivity contribution in [2.75, 3.05) is 6.61 Å². The minimum absolute atomic E-state index is 0.206. The number of carbonyl (C=O) groups is 2. The largest absolute Gasteiger partial charge is 0.484 e. The fourth-order valence-corrected chi connectivity index (χ4v) is 1.41. The van der Waals surface area contributed by atoms with Crippen LogP contribution in [0.5, 0.6) is 5.75 Å². The van der Waals surface area contributed by atoms with Crippen molar-refractivity contribution in [2.24, 2.45) is 5.92 Å². The number of aliphatic carboxylic acids is 1. The Labute approximate surface area is 117 Å². The van der Waals surface area contributed by atoms with E-state index in [1.165, 1.54) is 6.92 Å². The molecule has 1 rings (SSSR count). The highest BCUT2D eigenvalue weighted by Gasteiger charge is 2.20. The molecule has 0 aliphatic rings. The predicted octanol–water partition coefficient (Wildman–Crippen LogP) is 1.16. The molecule has 1 aromatic rings. The van der Waals surface area contributed by atoms with Gasteiger partial charge in [-0.1, -0.05) is 0 Å². The van der Waals surface area contributed by atoms with Crippen molar-refractivity contribution in [3.63, 3.8) is 0 Å². The minimum Gasteiger partial charge on any atom is -0.484 e. The van der Waals surface area contributed by atoms with Crippen LogP contribution >= 0.6 is 0 Å². The fourth-order valence-electron chi connectivity index (χ4n) is 1.41. The van der Waals surface area contributed by atoms with Crippen molar-refractivity contribution >= 4 is 11.9 Å². The number of hydrogen-bond donors (Lipinski definition) is 2. The molecule has 1 amide bonds. The van der Waals surface area contributed by atoms with Gasteiger partial charge in [-0.2, -0.15) is 5.26 Å². The highest BCUT2D eigenvalue weighted by molar-refractivity contribution is 5.79. The zero-order valence-corrected chi connectivity index (χ0v) is 11.3. The molecule has 0 spiro atoms. The van der Waals surface area contributed by atoms with E-state index in [1.54, 1.807) is 31.2 Å². The number of carbonyl (C=O) groups excluding carboxylic acids is 1. The Balaban J connectivity index is 2.43. The average molecular weight is 276 g/mol. The maximum atomic E-state index is 11.6. The molecule has 0 heterocycles. The third-order valence-corrected chi connectivity index (χ3v) is 2.88. The van der Waals surface area contributed by atoms with Crippen LogP contribution in [0.3, 0.4) is 0 Å². The van der Waals surface area contributed by atoms with Gasteiger partial charge >= 0.3 is 5.97 Å². The van der Waals surface area contributed by atoms with Gasteiger partial charge in [0, 0.05) is 6.04 Å². The number of nitriles is 1. The zero-order chi connectivity index (χ0) is 15.1. The summed E-state index contributed by atoms with van der Waals surface area (Å²) < 4.78 is 5.24. The summed E-state index contributed by atoms with van der Waals surface area (Å²) in [6, 6.07) is 7.85. The highest BCUT2D eigenvalue weighted by Crippen LogP contribution is 2.11. The molecule has 106 valence electrons. The van der Waals surface area contributed by atoms with Crippen LogP contribution in [0.1, 0.15) is 19.4 Å². The van der Waals surface area contributed by atoms with Crippen molar-refractivity contribution in [3.05, 3.63) is 29.8 Å². The van der Waals surface area contributed by atoms with Gasteiger partial charge in [-0.25, -0.2) is 0 Å². The molecule has 2 unspecified atom stereocenters. The fraction of sp³-hybridized carbons (Fsp3) is 0.357. The van der Waals surface area contributed by atoms with Gasteiger partial charge in [0.25, 0.3) is 5.91 Å². The lowest BCUT2D eigenvalue weighted by Crippen LogP contribution is -2.42. The second-order valence-corrected chi connectivity index (χ2v) is 4.41. The van der Waals surface area contributed by atoms with Crippen LogP contribution < -0.4 is 10.1 Å². The van der Waals surface area contributed by atoms with E-state index in [2.05, 4.69) is 5.32 Å². The molecule has 2 N–H and O–H groups in total. The van der Waals surface area contributed by atoms with Crippen molar-refractivity contribution in [3.8, 4) is 11.8 Å². The molecule has 0 saturated heterocycles. The van der Waals surface area contributed by atoms with Crippen LogP contribution in [-0.4, -0.2) is 29.6 Å². The van der Waals surface area contributed by atoms with Crippen molar-refractivity contribution in [2.45, 2.75) is 19.9 Å². The quantitative estimate of drug-likeness (QED) is 0.812. The van der Waals surface area contributed by atoms with E-state index < -0.39 is 23.8 Å². The van der Waals surface area contributed by atoms with E-state index in [4.69, 9.17) is 15.1 Å². The van der Waals surface area contributed by atoms with E-state index in [9.17, 15) is 9.59 Å². The van der Waals surface area contributed by atoms with Gasteiger partial charge in [0.1, 0.15) is 5.75 Å². The van der Waals surface area contributed by atoms with Crippen LogP contribution in [-0.2, 0) is 9.59 Å². The van der Waals surface area contributed by atoms with E-state index in [-0.39, 0.29) is 6.61 Å². The van der Waals surface area contributed by atoms with Crippen LogP contribution in [0, 0.1) is 17.2 Å². The van der Waals surface area contributed by atoms with E-state index in [0.717, 1.165) is 0 Å². The van der Waals surface area contributed by atoms with Crippen LogP contribution in [0.25, 0.3) is 0 Å². The first-order chi connectivity index (χ1) is 9.43. The summed E-state index contributed by atoms with van der Waals surface area (Å²) in [5, 5.41) is 20.0. The summed E-state index contributed by atoms with van der Waals surface area (Å²) in [6.07, 6.45) is 0. The Kier molecular flexibility index (Phi) is 5.54. The lowest BCUT2D eigenvalue weighted by Gasteiger charge is -2.17. The first-order valence-electron chi connectivity index (χ1n) is 6.09. The molecule has 0 bridgehead atoms. The Bertz CT molecular complexity index is 519. The number of nitrogens with zero attached hydrogens (tertiary/aromatic N) is 1. The average Bonchev–Trinajstić information content (AvgIpc) is 2.44. The molecule has 0 radical (unpaired) electrons. The Hall–Kier alpha value is -2.55. The van der Waals surface area contributed by atoms with Gasteiger partial charge in [0.15, 0.2) is 6.61 Å². The van der Waals surface area contributed by atoms with Crippen LogP contribution in [0.4, 0.5) is 0 Å². The van der Waals surface area contributed by atoms with Crippen LogP contribution in [0.2, 0.25) is 0 Å². The lowest BCUT2D eigenvalue weighted by molar-refractivity contribution is -0.142. The highest BCUT2D eigenvalue weighted by atomic mass is 16.5. The Morgan fingerprint density at radius 1 is 1.35 bits per heavy atom. The van der Waals surface area contributed by atoms with Crippen molar-refractivity contribution in [1.82, 2.24) is 5.32 Å². The van der Waals surface area contributed by atoms with Gasteiger partial charge in [0.2, 0.25) is 0 Å². The Morgan fingerprint density at radius 2 is 1.95 bits per heavy atom. The number of amides is 1. The van der Waals surface area contributed by atoms with Gasteiger partial charge in [0.05, 0.1) is 17.6 Å². The van der Waals surface area contributed by atoms with E-state index in [0.29, 0.717) is 11.3 Å². The number of hydrogen-bond acceptors (Lipinski definition) is 4. The summed E-state index contributed by atoms with van der Waals surface area (Å²) in [7, 11) is 0. The maximum Gasteiger partial charge on any atom is 0.308 e. The molecule has 0 aliphatic carbocycles. The molecular formula is C14H16N2O4. The molecule has 0 saturated carbocycles. The first-order valence-corrected chi connectivity index (χ1v) is 6.09.